The van der Waals surface area contributed by atoms with Gasteiger partial charge in [0.25, 0.3) is 0 Å². The molecule has 1 unspecified atom stereocenters. The maximum absolute atomic E-state index is 8.70. The zero-order chi connectivity index (χ0) is 7.11. The SMILES string of the molecule is CCCC([CH]CN)CO. The monoisotopic (exact) mass is 130 g/mol. The van der Waals surface area contributed by atoms with Crippen LogP contribution < -0.4 is 5.73 Å². The van der Waals surface area contributed by atoms with Crippen LogP contribution in [0, 0.1) is 12.3 Å². The maximum Gasteiger partial charge on any atom is 0.0462 e. The average Bonchev–Trinajstić information content (AvgIpc) is 1.88. The van der Waals surface area contributed by atoms with Crippen LogP contribution in [0.25, 0.3) is 0 Å². The minimum absolute atomic E-state index is 0.241. The van der Waals surface area contributed by atoms with Crippen molar-refractivity contribution in [3.63, 3.8) is 0 Å². The van der Waals surface area contributed by atoms with E-state index in [1.165, 1.54) is 0 Å². The van der Waals surface area contributed by atoms with Gasteiger partial charge in [0.15, 0.2) is 0 Å². The second-order valence-corrected chi connectivity index (χ2v) is 2.20. The fraction of sp³-hybridized carbons (Fsp3) is 0.857. The van der Waals surface area contributed by atoms with E-state index in [1.54, 1.807) is 0 Å². The molecule has 2 nitrogen and oxygen atoms in total. The lowest BCUT2D eigenvalue weighted by Gasteiger charge is -2.09. The minimum atomic E-state index is 0.241. The molecule has 0 aromatic carbocycles. The van der Waals surface area contributed by atoms with Gasteiger partial charge in [-0.05, 0) is 25.3 Å². The topological polar surface area (TPSA) is 46.2 Å². The molecule has 0 spiro atoms. The quantitative estimate of drug-likeness (QED) is 0.571. The average molecular weight is 130 g/mol. The summed E-state index contributed by atoms with van der Waals surface area (Å²) < 4.78 is 0. The Hall–Kier alpha value is -0.0800. The maximum atomic E-state index is 8.70. The van der Waals surface area contributed by atoms with Gasteiger partial charge < -0.3 is 10.8 Å². The molecule has 0 rings (SSSR count). The van der Waals surface area contributed by atoms with E-state index < -0.39 is 0 Å². The first-order chi connectivity index (χ1) is 4.35. The van der Waals surface area contributed by atoms with Crippen LogP contribution in [0.5, 0.6) is 0 Å². The molecule has 2 heteroatoms. The van der Waals surface area contributed by atoms with E-state index in [0.29, 0.717) is 12.5 Å². The van der Waals surface area contributed by atoms with Crippen molar-refractivity contribution >= 4 is 0 Å². The first-order valence-electron chi connectivity index (χ1n) is 3.49. The molecule has 3 N–H and O–H groups in total. The van der Waals surface area contributed by atoms with Crippen molar-refractivity contribution in [2.45, 2.75) is 19.8 Å². The van der Waals surface area contributed by atoms with Gasteiger partial charge in [-0.15, -0.1) is 0 Å². The van der Waals surface area contributed by atoms with Crippen LogP contribution >= 0.6 is 0 Å². The molecule has 0 aliphatic heterocycles. The molecule has 0 saturated carbocycles. The lowest BCUT2D eigenvalue weighted by Crippen LogP contribution is -2.12. The number of aliphatic hydroxyl groups is 1. The normalized spacial score (nSPS) is 13.7. The van der Waals surface area contributed by atoms with Crippen molar-refractivity contribution in [3.8, 4) is 0 Å². The zero-order valence-corrected chi connectivity index (χ0v) is 6.01. The van der Waals surface area contributed by atoms with Crippen molar-refractivity contribution < 1.29 is 5.11 Å². The molecule has 0 aromatic heterocycles. The Morgan fingerprint density at radius 3 is 2.67 bits per heavy atom. The lowest BCUT2D eigenvalue weighted by molar-refractivity contribution is 0.235. The van der Waals surface area contributed by atoms with Crippen molar-refractivity contribution in [1.29, 1.82) is 0 Å². The highest BCUT2D eigenvalue weighted by Gasteiger charge is 2.03. The van der Waals surface area contributed by atoms with E-state index in [9.17, 15) is 0 Å². The molecule has 0 saturated heterocycles. The number of rotatable bonds is 5. The second-order valence-electron chi connectivity index (χ2n) is 2.20. The molecule has 1 atom stereocenters. The molecule has 0 aromatic rings. The highest BCUT2D eigenvalue weighted by atomic mass is 16.3. The predicted molar refractivity (Wildman–Crippen MR) is 38.8 cm³/mol. The van der Waals surface area contributed by atoms with E-state index >= 15 is 0 Å². The number of nitrogens with two attached hydrogens (primary N) is 1. The Bertz CT molecular complexity index is 50.9. The third-order valence-corrected chi connectivity index (χ3v) is 1.36. The minimum Gasteiger partial charge on any atom is -0.396 e. The van der Waals surface area contributed by atoms with Gasteiger partial charge in [0.05, 0.1) is 0 Å². The van der Waals surface area contributed by atoms with Gasteiger partial charge in [-0.2, -0.15) is 0 Å². The van der Waals surface area contributed by atoms with Crippen molar-refractivity contribution in [1.82, 2.24) is 0 Å². The molecular weight excluding hydrogens is 114 g/mol. The van der Waals surface area contributed by atoms with Gasteiger partial charge in [-0.3, -0.25) is 0 Å². The highest BCUT2D eigenvalue weighted by molar-refractivity contribution is 4.75. The predicted octanol–water partition coefficient (Wildman–Crippen LogP) is 0.558. The standard InChI is InChI=1S/C7H16NO/c1-2-3-7(6-9)4-5-8/h4,7,9H,2-3,5-6,8H2,1H3. The lowest BCUT2D eigenvalue weighted by atomic mass is 10.0. The van der Waals surface area contributed by atoms with Crippen LogP contribution in [0.4, 0.5) is 0 Å². The molecule has 0 fully saturated rings. The van der Waals surface area contributed by atoms with Crippen LogP contribution in [0.1, 0.15) is 19.8 Å². The first kappa shape index (κ1) is 8.92. The fourth-order valence-electron chi connectivity index (χ4n) is 0.847. The third kappa shape index (κ3) is 4.43. The Morgan fingerprint density at radius 2 is 2.33 bits per heavy atom. The smallest absolute Gasteiger partial charge is 0.0462 e. The van der Waals surface area contributed by atoms with Crippen molar-refractivity contribution in [2.24, 2.45) is 11.7 Å². The largest absolute Gasteiger partial charge is 0.396 e. The highest BCUT2D eigenvalue weighted by Crippen LogP contribution is 2.06. The Morgan fingerprint density at radius 1 is 1.67 bits per heavy atom. The van der Waals surface area contributed by atoms with E-state index in [-0.39, 0.29) is 6.61 Å². The molecule has 1 radical (unpaired) electrons. The van der Waals surface area contributed by atoms with Crippen molar-refractivity contribution in [3.05, 3.63) is 6.42 Å². The molecule has 9 heavy (non-hydrogen) atoms. The molecule has 0 amide bonds. The number of aliphatic hydroxyl groups excluding tert-OH is 1. The van der Waals surface area contributed by atoms with Crippen LogP contribution in [0.3, 0.4) is 0 Å². The first-order valence-corrected chi connectivity index (χ1v) is 3.49. The Balaban J connectivity index is 3.18. The van der Waals surface area contributed by atoms with Gasteiger partial charge in [0.2, 0.25) is 0 Å². The summed E-state index contributed by atoms with van der Waals surface area (Å²) in [6.45, 7) is 2.92. The van der Waals surface area contributed by atoms with E-state index in [4.69, 9.17) is 10.8 Å². The van der Waals surface area contributed by atoms with Gasteiger partial charge >= 0.3 is 0 Å². The molecule has 0 bridgehead atoms. The van der Waals surface area contributed by atoms with Crippen LogP contribution in [-0.2, 0) is 0 Å². The molecule has 55 valence electrons. The zero-order valence-electron chi connectivity index (χ0n) is 6.01. The molecular formula is C7H16NO. The van der Waals surface area contributed by atoms with Crippen LogP contribution in [-0.4, -0.2) is 18.3 Å². The van der Waals surface area contributed by atoms with Crippen LogP contribution in [0.2, 0.25) is 0 Å². The third-order valence-electron chi connectivity index (χ3n) is 1.36. The van der Waals surface area contributed by atoms with E-state index in [1.807, 2.05) is 6.42 Å². The second kappa shape index (κ2) is 6.05. The summed E-state index contributed by atoms with van der Waals surface area (Å²) >= 11 is 0. The summed E-state index contributed by atoms with van der Waals surface area (Å²) in [5.74, 6) is 0.319. The molecule has 0 aliphatic rings. The summed E-state index contributed by atoms with van der Waals surface area (Å²) in [5, 5.41) is 8.70. The van der Waals surface area contributed by atoms with Gasteiger partial charge in [-0.25, -0.2) is 0 Å². The Labute approximate surface area is 57.1 Å². The summed E-state index contributed by atoms with van der Waals surface area (Å²) in [6, 6.07) is 0. The van der Waals surface area contributed by atoms with Gasteiger partial charge in [0, 0.05) is 6.61 Å². The molecule has 0 aliphatic carbocycles. The summed E-state index contributed by atoms with van der Waals surface area (Å²) in [6.07, 6.45) is 4.12. The molecule has 0 heterocycles. The van der Waals surface area contributed by atoms with Crippen LogP contribution in [0.15, 0.2) is 0 Å². The van der Waals surface area contributed by atoms with Crippen molar-refractivity contribution in [2.75, 3.05) is 13.2 Å². The van der Waals surface area contributed by atoms with Gasteiger partial charge in [0.1, 0.15) is 0 Å². The van der Waals surface area contributed by atoms with Gasteiger partial charge in [-0.1, -0.05) is 13.3 Å². The summed E-state index contributed by atoms with van der Waals surface area (Å²) in [5.41, 5.74) is 5.27. The van der Waals surface area contributed by atoms with E-state index in [0.717, 1.165) is 12.8 Å². The van der Waals surface area contributed by atoms with E-state index in [2.05, 4.69) is 6.92 Å². The Kier molecular flexibility index (Phi) is 5.99. The summed E-state index contributed by atoms with van der Waals surface area (Å²) in [7, 11) is 0. The fourth-order valence-corrected chi connectivity index (χ4v) is 0.847. The number of hydrogen-bond donors (Lipinski definition) is 2. The number of hydrogen-bond acceptors (Lipinski definition) is 2. The summed E-state index contributed by atoms with van der Waals surface area (Å²) in [4.78, 5) is 0.